The molecule has 0 aromatic heterocycles. The molecule has 0 atom stereocenters. The van der Waals surface area contributed by atoms with E-state index in [4.69, 9.17) is 34.0 Å². The Morgan fingerprint density at radius 1 is 1.70 bits per heavy atom. The summed E-state index contributed by atoms with van der Waals surface area (Å²) in [5.41, 5.74) is 4.85. The highest BCUT2D eigenvalue weighted by molar-refractivity contribution is 6.56. The van der Waals surface area contributed by atoms with Crippen molar-refractivity contribution in [2.24, 2.45) is 5.73 Å². The number of carboxylic acids is 1. The van der Waals surface area contributed by atoms with Gasteiger partial charge in [0.1, 0.15) is 0 Å². The molecule has 0 saturated heterocycles. The van der Waals surface area contributed by atoms with Gasteiger partial charge in [-0.25, -0.2) is 4.79 Å². The first-order valence-corrected chi connectivity index (χ1v) is 3.43. The van der Waals surface area contributed by atoms with Crippen molar-refractivity contribution < 1.29 is 9.90 Å². The molecule has 5 heteroatoms. The second-order valence-electron chi connectivity index (χ2n) is 1.60. The fraction of sp³-hybridized carbons (Fsp3) is 0.800. The lowest BCUT2D eigenvalue weighted by Gasteiger charge is -2.02. The lowest BCUT2D eigenvalue weighted by atomic mass is 10.5. The topological polar surface area (TPSA) is 63.3 Å². The molecule has 0 aromatic carbocycles. The Hall–Kier alpha value is 0.01000. The predicted molar refractivity (Wildman–Crippen MR) is 42.5 cm³/mol. The maximum absolute atomic E-state index is 9.76. The predicted octanol–water partition coefficient (Wildman–Crippen LogP) is 1.23. The van der Waals surface area contributed by atoms with Crippen LogP contribution in [0, 0.1) is 0 Å². The summed E-state index contributed by atoms with van der Waals surface area (Å²) in [6, 6.07) is 0. The molecule has 0 rings (SSSR count). The van der Waals surface area contributed by atoms with E-state index >= 15 is 0 Å². The second-order valence-corrected chi connectivity index (χ2v) is 3.31. The fourth-order valence-corrected chi connectivity index (χ4v) is 0. The zero-order chi connectivity index (χ0) is 8.78. The fourth-order valence-electron chi connectivity index (χ4n) is 0. The number of aliphatic carboxylic acids is 1. The summed E-state index contributed by atoms with van der Waals surface area (Å²) in [5.74, 6) is -1.23. The van der Waals surface area contributed by atoms with Gasteiger partial charge in [0.05, 0.1) is 0 Å². The molecule has 0 unspecified atom stereocenters. The molecule has 0 fully saturated rings. The van der Waals surface area contributed by atoms with Gasteiger partial charge < -0.3 is 10.8 Å². The first-order valence-electron chi connectivity index (χ1n) is 2.67. The molecular formula is C5H11Cl2NO2. The Kier molecular flexibility index (Phi) is 7.31. The Labute approximate surface area is 70.1 Å². The molecule has 62 valence electrons. The van der Waals surface area contributed by atoms with E-state index in [0.717, 1.165) is 6.54 Å². The normalized spacial score (nSPS) is 9.70. The van der Waals surface area contributed by atoms with Crippen LogP contribution in [0.3, 0.4) is 0 Å². The van der Waals surface area contributed by atoms with Gasteiger partial charge in [-0.15, -0.1) is 0 Å². The van der Waals surface area contributed by atoms with Crippen LogP contribution in [0.4, 0.5) is 0 Å². The molecule has 3 nitrogen and oxygen atoms in total. The van der Waals surface area contributed by atoms with Crippen LogP contribution in [0.15, 0.2) is 0 Å². The van der Waals surface area contributed by atoms with Crippen LogP contribution in [-0.2, 0) is 4.79 Å². The van der Waals surface area contributed by atoms with Gasteiger partial charge >= 0.3 is 5.97 Å². The molecule has 0 aliphatic carbocycles. The van der Waals surface area contributed by atoms with E-state index in [2.05, 4.69) is 0 Å². The monoisotopic (exact) mass is 187 g/mol. The summed E-state index contributed by atoms with van der Waals surface area (Å²) < 4.78 is -1.64. The molecule has 0 amide bonds. The summed E-state index contributed by atoms with van der Waals surface area (Å²) in [6.07, 6.45) is 0. The van der Waals surface area contributed by atoms with Gasteiger partial charge in [-0.05, 0) is 13.5 Å². The molecule has 0 heterocycles. The van der Waals surface area contributed by atoms with E-state index in [0.29, 0.717) is 0 Å². The van der Waals surface area contributed by atoms with Crippen LogP contribution in [0.5, 0.6) is 0 Å². The van der Waals surface area contributed by atoms with Crippen molar-refractivity contribution in [1.29, 1.82) is 0 Å². The van der Waals surface area contributed by atoms with Crippen LogP contribution in [-0.4, -0.2) is 22.0 Å². The number of nitrogens with two attached hydrogens (primary N) is 1. The first kappa shape index (κ1) is 12.7. The lowest BCUT2D eigenvalue weighted by molar-refractivity contribution is -0.137. The Balaban J connectivity index is 0. The molecular weight excluding hydrogens is 177 g/mol. The summed E-state index contributed by atoms with van der Waals surface area (Å²) in [5, 5.41) is 7.99. The smallest absolute Gasteiger partial charge is 0.339 e. The molecule has 10 heavy (non-hydrogen) atoms. The van der Waals surface area contributed by atoms with Gasteiger partial charge in [0, 0.05) is 0 Å². The van der Waals surface area contributed by atoms with Crippen molar-refractivity contribution in [3.05, 3.63) is 0 Å². The molecule has 0 aliphatic rings. The van der Waals surface area contributed by atoms with Crippen molar-refractivity contribution in [2.45, 2.75) is 18.2 Å². The molecule has 0 saturated carbocycles. The number of carbonyl (C=O) groups is 1. The molecule has 0 bridgehead atoms. The number of carboxylic acid groups (broad SMARTS) is 1. The molecule has 0 aromatic rings. The molecule has 3 N–H and O–H groups in total. The van der Waals surface area contributed by atoms with Crippen LogP contribution in [0.1, 0.15) is 13.8 Å². The van der Waals surface area contributed by atoms with Gasteiger partial charge in [-0.2, -0.15) is 0 Å². The summed E-state index contributed by atoms with van der Waals surface area (Å²) in [4.78, 5) is 9.76. The van der Waals surface area contributed by atoms with E-state index in [-0.39, 0.29) is 0 Å². The van der Waals surface area contributed by atoms with Gasteiger partial charge in [-0.1, -0.05) is 30.1 Å². The van der Waals surface area contributed by atoms with Crippen LogP contribution in [0.25, 0.3) is 0 Å². The number of hydrogen-bond acceptors (Lipinski definition) is 2. The molecule has 0 radical (unpaired) electrons. The number of hydrogen-bond donors (Lipinski definition) is 2. The largest absolute Gasteiger partial charge is 0.479 e. The number of alkyl halides is 2. The third kappa shape index (κ3) is 10.9. The zero-order valence-electron chi connectivity index (χ0n) is 5.90. The van der Waals surface area contributed by atoms with Crippen LogP contribution >= 0.6 is 23.2 Å². The highest BCUT2D eigenvalue weighted by Gasteiger charge is 2.25. The molecule has 0 aliphatic heterocycles. The van der Waals surface area contributed by atoms with Gasteiger partial charge in [0.25, 0.3) is 0 Å². The minimum Gasteiger partial charge on any atom is -0.479 e. The van der Waals surface area contributed by atoms with E-state index in [1.54, 1.807) is 0 Å². The highest BCUT2D eigenvalue weighted by Crippen LogP contribution is 2.18. The van der Waals surface area contributed by atoms with Crippen molar-refractivity contribution in [3.63, 3.8) is 0 Å². The zero-order valence-corrected chi connectivity index (χ0v) is 7.41. The van der Waals surface area contributed by atoms with Gasteiger partial charge in [0.15, 0.2) is 0 Å². The van der Waals surface area contributed by atoms with Crippen LogP contribution in [0.2, 0.25) is 0 Å². The maximum Gasteiger partial charge on any atom is 0.339 e. The minimum atomic E-state index is -1.64. The molecule has 0 spiro atoms. The van der Waals surface area contributed by atoms with E-state index < -0.39 is 10.3 Å². The number of halogens is 2. The minimum absolute atomic E-state index is 0.750. The van der Waals surface area contributed by atoms with E-state index in [9.17, 15) is 4.79 Å². The van der Waals surface area contributed by atoms with Crippen molar-refractivity contribution in [2.75, 3.05) is 6.54 Å². The standard InChI is InChI=1S/C3H4Cl2O2.C2H7N/c1-3(4,5)2(6)7;1-2-3/h1H3,(H,6,7);2-3H2,1H3. The highest BCUT2D eigenvalue weighted by atomic mass is 35.5. The third-order valence-corrected chi connectivity index (χ3v) is 0.699. The summed E-state index contributed by atoms with van der Waals surface area (Å²) in [6.45, 7) is 3.85. The lowest BCUT2D eigenvalue weighted by Crippen LogP contribution is -2.19. The van der Waals surface area contributed by atoms with Crippen LogP contribution < -0.4 is 5.73 Å². The summed E-state index contributed by atoms with van der Waals surface area (Å²) in [7, 11) is 0. The van der Waals surface area contributed by atoms with Gasteiger partial charge in [0.2, 0.25) is 4.33 Å². The Morgan fingerprint density at radius 2 is 1.80 bits per heavy atom. The quantitative estimate of drug-likeness (QED) is 0.608. The maximum atomic E-state index is 9.76. The summed E-state index contributed by atoms with van der Waals surface area (Å²) >= 11 is 10.1. The average Bonchev–Trinajstić information content (AvgIpc) is 1.64. The van der Waals surface area contributed by atoms with E-state index in [1.807, 2.05) is 6.92 Å². The van der Waals surface area contributed by atoms with Crippen molar-refractivity contribution in [3.8, 4) is 0 Å². The second kappa shape index (κ2) is 5.77. The SMILES string of the molecule is CC(Cl)(Cl)C(=O)O.CCN. The third-order valence-electron chi connectivity index (χ3n) is 0.376. The van der Waals surface area contributed by atoms with Crippen molar-refractivity contribution in [1.82, 2.24) is 0 Å². The number of rotatable bonds is 1. The first-order chi connectivity index (χ1) is 4.36. The Morgan fingerprint density at radius 3 is 1.80 bits per heavy atom. The van der Waals surface area contributed by atoms with Gasteiger partial charge in [-0.3, -0.25) is 0 Å². The van der Waals surface area contributed by atoms with E-state index in [1.165, 1.54) is 6.92 Å². The van der Waals surface area contributed by atoms with Crippen molar-refractivity contribution >= 4 is 29.2 Å². The average molecular weight is 188 g/mol. The Bertz CT molecular complexity index is 100.